The Kier molecular flexibility index (Phi) is 4.37. The third-order valence-electron chi connectivity index (χ3n) is 2.79. The first-order valence-corrected chi connectivity index (χ1v) is 9.03. The second kappa shape index (κ2) is 4.33. The van der Waals surface area contributed by atoms with E-state index in [1.54, 1.807) is 13.8 Å². The summed E-state index contributed by atoms with van der Waals surface area (Å²) in [6.07, 6.45) is 0. The van der Waals surface area contributed by atoms with Gasteiger partial charge in [0.15, 0.2) is 0 Å². The van der Waals surface area contributed by atoms with Crippen LogP contribution in [-0.2, 0) is 4.74 Å². The quantitative estimate of drug-likeness (QED) is 0.719. The maximum atomic E-state index is 9.86. The second-order valence-electron chi connectivity index (χ2n) is 6.23. The molecule has 14 heavy (non-hydrogen) atoms. The maximum Gasteiger partial charge on any atom is 0.0906 e. The van der Waals surface area contributed by atoms with Gasteiger partial charge in [-0.2, -0.15) is 0 Å². The van der Waals surface area contributed by atoms with Gasteiger partial charge >= 0.3 is 0 Å². The topological polar surface area (TPSA) is 29.5 Å². The van der Waals surface area contributed by atoms with E-state index in [4.69, 9.17) is 4.74 Å². The van der Waals surface area contributed by atoms with Crippen molar-refractivity contribution in [3.8, 4) is 0 Å². The van der Waals surface area contributed by atoms with Gasteiger partial charge in [-0.15, -0.1) is 0 Å². The zero-order valence-electron chi connectivity index (χ0n) is 10.8. The van der Waals surface area contributed by atoms with Gasteiger partial charge < -0.3 is 9.84 Å². The van der Waals surface area contributed by atoms with Crippen LogP contribution >= 0.6 is 0 Å². The van der Waals surface area contributed by atoms with Gasteiger partial charge in [0.25, 0.3) is 0 Å². The Morgan fingerprint density at radius 2 is 1.50 bits per heavy atom. The fourth-order valence-corrected chi connectivity index (χ4v) is 1.50. The third-order valence-corrected chi connectivity index (χ3v) is 4.49. The molecule has 0 radical (unpaired) electrons. The highest BCUT2D eigenvalue weighted by Gasteiger charge is 2.36. The molecule has 0 amide bonds. The molecule has 0 atom stereocenters. The summed E-state index contributed by atoms with van der Waals surface area (Å²) in [4.78, 5) is 0. The number of ether oxygens (including phenoxy) is 1. The molecule has 0 aromatic carbocycles. The smallest absolute Gasteiger partial charge is 0.0906 e. The second-order valence-corrected chi connectivity index (χ2v) is 11.8. The molecule has 0 fully saturated rings. The zero-order valence-corrected chi connectivity index (χ0v) is 11.8. The van der Waals surface area contributed by atoms with Crippen molar-refractivity contribution in [1.29, 1.82) is 0 Å². The van der Waals surface area contributed by atoms with Crippen molar-refractivity contribution in [2.45, 2.75) is 64.6 Å². The van der Waals surface area contributed by atoms with Crippen LogP contribution in [0.25, 0.3) is 0 Å². The highest BCUT2D eigenvalue weighted by atomic mass is 28.3. The van der Waals surface area contributed by atoms with E-state index in [0.717, 1.165) is 12.7 Å². The monoisotopic (exact) mass is 218 g/mol. The van der Waals surface area contributed by atoms with Crippen molar-refractivity contribution < 1.29 is 9.84 Å². The summed E-state index contributed by atoms with van der Waals surface area (Å²) in [5.74, 6) is 0. The molecule has 0 unspecified atom stereocenters. The summed E-state index contributed by atoms with van der Waals surface area (Å²) >= 11 is 0. The molecule has 86 valence electrons. The molecule has 0 spiro atoms. The van der Waals surface area contributed by atoms with Crippen LogP contribution in [0, 0.1) is 0 Å². The third kappa shape index (κ3) is 5.13. The molecule has 0 saturated carbocycles. The standard InChI is InChI=1S/C11H26O2Si/c1-10(2,12)11(3,4)13-8-9-14(5,6)7/h12H,8-9H2,1-7H3. The van der Waals surface area contributed by atoms with Gasteiger partial charge in [-0.3, -0.25) is 0 Å². The Hall–Kier alpha value is 0.137. The van der Waals surface area contributed by atoms with E-state index in [0.29, 0.717) is 0 Å². The Bertz CT molecular complexity index is 175. The maximum absolute atomic E-state index is 9.86. The minimum atomic E-state index is -1.02. The molecule has 0 saturated heterocycles. The van der Waals surface area contributed by atoms with E-state index in [1.807, 2.05) is 13.8 Å². The Morgan fingerprint density at radius 1 is 1.07 bits per heavy atom. The SMILES string of the molecule is CC(C)(O)C(C)(C)OCC[Si](C)(C)C. The summed E-state index contributed by atoms with van der Waals surface area (Å²) in [7, 11) is -1.02. The lowest BCUT2D eigenvalue weighted by atomic mass is 9.89. The minimum Gasteiger partial charge on any atom is -0.387 e. The number of hydrogen-bond acceptors (Lipinski definition) is 2. The Balaban J connectivity index is 4.02. The molecular weight excluding hydrogens is 192 g/mol. The van der Waals surface area contributed by atoms with Gasteiger partial charge in [0.2, 0.25) is 0 Å². The minimum absolute atomic E-state index is 0.466. The average Bonchev–Trinajstić information content (AvgIpc) is 1.80. The van der Waals surface area contributed by atoms with Crippen molar-refractivity contribution >= 4 is 8.07 Å². The predicted molar refractivity (Wildman–Crippen MR) is 64.5 cm³/mol. The summed E-state index contributed by atoms with van der Waals surface area (Å²) < 4.78 is 5.75. The van der Waals surface area contributed by atoms with Gasteiger partial charge in [-0.25, -0.2) is 0 Å². The number of rotatable bonds is 5. The van der Waals surface area contributed by atoms with Gasteiger partial charge in [0.05, 0.1) is 11.2 Å². The predicted octanol–water partition coefficient (Wildman–Crippen LogP) is 2.89. The number of hydrogen-bond donors (Lipinski definition) is 1. The molecular formula is C11H26O2Si. The fraction of sp³-hybridized carbons (Fsp3) is 1.00. The first kappa shape index (κ1) is 14.1. The molecule has 0 aromatic rings. The lowest BCUT2D eigenvalue weighted by Crippen LogP contribution is -2.47. The average molecular weight is 218 g/mol. The van der Waals surface area contributed by atoms with Crippen molar-refractivity contribution in [2.24, 2.45) is 0 Å². The van der Waals surface area contributed by atoms with Crippen LogP contribution in [-0.4, -0.2) is 31.0 Å². The Labute approximate surface area is 89.7 Å². The summed E-state index contributed by atoms with van der Waals surface area (Å²) in [6, 6.07) is 1.15. The molecule has 3 heteroatoms. The summed E-state index contributed by atoms with van der Waals surface area (Å²) in [5, 5.41) is 9.86. The molecule has 0 bridgehead atoms. The largest absolute Gasteiger partial charge is 0.387 e. The van der Waals surface area contributed by atoms with Gasteiger partial charge in [-0.1, -0.05) is 19.6 Å². The van der Waals surface area contributed by atoms with Crippen molar-refractivity contribution in [2.75, 3.05) is 6.61 Å². The van der Waals surface area contributed by atoms with Crippen LogP contribution in [0.5, 0.6) is 0 Å². The van der Waals surface area contributed by atoms with Gasteiger partial charge in [0, 0.05) is 14.7 Å². The molecule has 1 N–H and O–H groups in total. The van der Waals surface area contributed by atoms with Crippen LogP contribution in [0.15, 0.2) is 0 Å². The van der Waals surface area contributed by atoms with E-state index in [2.05, 4.69) is 19.6 Å². The van der Waals surface area contributed by atoms with Crippen molar-refractivity contribution in [3.05, 3.63) is 0 Å². The molecule has 2 nitrogen and oxygen atoms in total. The molecule has 0 aliphatic carbocycles. The van der Waals surface area contributed by atoms with Crippen LogP contribution < -0.4 is 0 Å². The molecule has 0 aliphatic rings. The summed E-state index contributed by atoms with van der Waals surface area (Å²) in [5.41, 5.74) is -1.25. The van der Waals surface area contributed by atoms with E-state index in [1.165, 1.54) is 0 Å². The van der Waals surface area contributed by atoms with E-state index in [9.17, 15) is 5.11 Å². The lowest BCUT2D eigenvalue weighted by molar-refractivity contribution is -0.144. The molecule has 0 aliphatic heterocycles. The lowest BCUT2D eigenvalue weighted by Gasteiger charge is -2.37. The molecule has 0 heterocycles. The van der Waals surface area contributed by atoms with Crippen LogP contribution in [0.3, 0.4) is 0 Å². The van der Waals surface area contributed by atoms with Crippen molar-refractivity contribution in [1.82, 2.24) is 0 Å². The van der Waals surface area contributed by atoms with Crippen LogP contribution in [0.4, 0.5) is 0 Å². The first-order chi connectivity index (χ1) is 5.96. The van der Waals surface area contributed by atoms with Crippen molar-refractivity contribution in [3.63, 3.8) is 0 Å². The first-order valence-electron chi connectivity index (χ1n) is 5.32. The number of aliphatic hydroxyl groups is 1. The highest BCUT2D eigenvalue weighted by Crippen LogP contribution is 2.25. The fourth-order valence-electron chi connectivity index (χ4n) is 0.789. The van der Waals surface area contributed by atoms with Gasteiger partial charge in [-0.05, 0) is 33.7 Å². The van der Waals surface area contributed by atoms with E-state index >= 15 is 0 Å². The van der Waals surface area contributed by atoms with E-state index in [-0.39, 0.29) is 0 Å². The zero-order chi connectivity index (χ0) is 11.6. The Morgan fingerprint density at radius 3 is 1.79 bits per heavy atom. The normalized spacial score (nSPS) is 14.6. The van der Waals surface area contributed by atoms with E-state index < -0.39 is 19.3 Å². The molecule has 0 rings (SSSR count). The van der Waals surface area contributed by atoms with Crippen LogP contribution in [0.1, 0.15) is 27.7 Å². The highest BCUT2D eigenvalue weighted by molar-refractivity contribution is 6.76. The van der Waals surface area contributed by atoms with Gasteiger partial charge in [0.1, 0.15) is 0 Å². The molecule has 0 aromatic heterocycles. The summed E-state index contributed by atoms with van der Waals surface area (Å²) in [6.45, 7) is 15.2. The van der Waals surface area contributed by atoms with Crippen LogP contribution in [0.2, 0.25) is 25.7 Å².